The van der Waals surface area contributed by atoms with Crippen molar-refractivity contribution in [2.24, 2.45) is 0 Å². The van der Waals surface area contributed by atoms with Gasteiger partial charge in [-0.05, 0) is 20.3 Å². The maximum Gasteiger partial charge on any atom is 0.214 e. The quantitative estimate of drug-likeness (QED) is 0.723. The van der Waals surface area contributed by atoms with Crippen LogP contribution >= 0.6 is 0 Å². The molecule has 6 heteroatoms. The summed E-state index contributed by atoms with van der Waals surface area (Å²) < 4.78 is 29.7. The van der Waals surface area contributed by atoms with Gasteiger partial charge in [-0.15, -0.1) is 0 Å². The molecule has 0 saturated carbocycles. The fourth-order valence-corrected chi connectivity index (χ4v) is 3.26. The Hall–Kier alpha value is -0.170. The van der Waals surface area contributed by atoms with E-state index < -0.39 is 10.0 Å². The van der Waals surface area contributed by atoms with Crippen LogP contribution in [-0.4, -0.2) is 57.4 Å². The lowest BCUT2D eigenvalue weighted by atomic mass is 10.2. The van der Waals surface area contributed by atoms with Gasteiger partial charge in [-0.1, -0.05) is 0 Å². The number of rotatable bonds is 6. The number of nitrogens with zero attached hydrogens (tertiary/aromatic N) is 1. The Kier molecular flexibility index (Phi) is 5.17. The topological polar surface area (TPSA) is 58.6 Å². The van der Waals surface area contributed by atoms with Crippen LogP contribution in [0, 0.1) is 0 Å². The molecule has 0 bridgehead atoms. The summed E-state index contributed by atoms with van der Waals surface area (Å²) in [6.45, 7) is 5.92. The van der Waals surface area contributed by atoms with Crippen molar-refractivity contribution in [2.45, 2.75) is 32.4 Å². The first-order chi connectivity index (χ1) is 7.47. The molecule has 2 unspecified atom stereocenters. The van der Waals surface area contributed by atoms with Crippen LogP contribution in [0.2, 0.25) is 0 Å². The minimum absolute atomic E-state index is 0.134. The molecular weight excluding hydrogens is 228 g/mol. The second-order valence-corrected chi connectivity index (χ2v) is 6.34. The number of sulfonamides is 1. The molecule has 0 radical (unpaired) electrons. The molecule has 5 nitrogen and oxygen atoms in total. The summed E-state index contributed by atoms with van der Waals surface area (Å²) in [5, 5.41) is 3.27. The van der Waals surface area contributed by atoms with Gasteiger partial charge in [-0.25, -0.2) is 12.7 Å². The smallest absolute Gasteiger partial charge is 0.214 e. The van der Waals surface area contributed by atoms with Crippen LogP contribution in [0.1, 0.15) is 20.3 Å². The molecule has 16 heavy (non-hydrogen) atoms. The van der Waals surface area contributed by atoms with Crippen molar-refractivity contribution < 1.29 is 13.2 Å². The van der Waals surface area contributed by atoms with Crippen LogP contribution in [0.25, 0.3) is 0 Å². The Morgan fingerprint density at radius 2 is 2.12 bits per heavy atom. The van der Waals surface area contributed by atoms with Gasteiger partial charge in [0.1, 0.15) is 0 Å². The monoisotopic (exact) mass is 250 g/mol. The van der Waals surface area contributed by atoms with Crippen molar-refractivity contribution in [2.75, 3.05) is 32.5 Å². The first kappa shape index (κ1) is 13.9. The van der Waals surface area contributed by atoms with Crippen LogP contribution in [0.3, 0.4) is 0 Å². The van der Waals surface area contributed by atoms with E-state index in [2.05, 4.69) is 5.32 Å². The van der Waals surface area contributed by atoms with E-state index in [4.69, 9.17) is 4.74 Å². The van der Waals surface area contributed by atoms with Gasteiger partial charge in [0.15, 0.2) is 0 Å². The molecule has 1 aliphatic heterocycles. The van der Waals surface area contributed by atoms with E-state index >= 15 is 0 Å². The SMILES string of the molecule is COC(C)C(C)NCCN1CCCS1(=O)=O. The van der Waals surface area contributed by atoms with Crippen molar-refractivity contribution in [1.82, 2.24) is 9.62 Å². The number of hydrogen-bond acceptors (Lipinski definition) is 4. The third-order valence-electron chi connectivity index (χ3n) is 3.11. The normalized spacial score (nSPS) is 24.4. The summed E-state index contributed by atoms with van der Waals surface area (Å²) in [6.07, 6.45) is 0.891. The lowest BCUT2D eigenvalue weighted by Gasteiger charge is -2.21. The molecule has 0 amide bonds. The Balaban J connectivity index is 2.26. The van der Waals surface area contributed by atoms with Gasteiger partial charge in [0.2, 0.25) is 10.0 Å². The maximum absolute atomic E-state index is 11.5. The number of methoxy groups -OCH3 is 1. The van der Waals surface area contributed by atoms with Crippen LogP contribution in [-0.2, 0) is 14.8 Å². The lowest BCUT2D eigenvalue weighted by Crippen LogP contribution is -2.41. The lowest BCUT2D eigenvalue weighted by molar-refractivity contribution is 0.0885. The van der Waals surface area contributed by atoms with Crippen molar-refractivity contribution in [3.8, 4) is 0 Å². The molecule has 1 saturated heterocycles. The van der Waals surface area contributed by atoms with Gasteiger partial charge >= 0.3 is 0 Å². The zero-order valence-corrected chi connectivity index (χ0v) is 11.1. The molecular formula is C10H22N2O3S. The molecule has 1 fully saturated rings. The molecule has 0 aromatic carbocycles. The van der Waals surface area contributed by atoms with Gasteiger partial charge in [-0.3, -0.25) is 0 Å². The third-order valence-corrected chi connectivity index (χ3v) is 5.06. The molecule has 0 aromatic rings. The van der Waals surface area contributed by atoms with Crippen LogP contribution in [0.4, 0.5) is 0 Å². The summed E-state index contributed by atoms with van der Waals surface area (Å²) in [4.78, 5) is 0. The summed E-state index contributed by atoms with van der Waals surface area (Å²) >= 11 is 0. The molecule has 1 rings (SSSR count). The Bertz CT molecular complexity index is 305. The second-order valence-electron chi connectivity index (χ2n) is 4.25. The van der Waals surface area contributed by atoms with Gasteiger partial charge in [0.25, 0.3) is 0 Å². The molecule has 1 aliphatic rings. The van der Waals surface area contributed by atoms with E-state index in [1.54, 1.807) is 11.4 Å². The average Bonchev–Trinajstić information content (AvgIpc) is 2.57. The highest BCUT2D eigenvalue weighted by atomic mass is 32.2. The van der Waals surface area contributed by atoms with Gasteiger partial charge < -0.3 is 10.1 Å². The Morgan fingerprint density at radius 3 is 2.62 bits per heavy atom. The van der Waals surface area contributed by atoms with E-state index in [-0.39, 0.29) is 12.1 Å². The van der Waals surface area contributed by atoms with E-state index in [9.17, 15) is 8.42 Å². The van der Waals surface area contributed by atoms with Gasteiger partial charge in [-0.2, -0.15) is 0 Å². The molecule has 1 heterocycles. The first-order valence-corrected chi connectivity index (χ1v) is 7.32. The fraction of sp³-hybridized carbons (Fsp3) is 1.00. The van der Waals surface area contributed by atoms with E-state index in [0.29, 0.717) is 25.4 Å². The summed E-state index contributed by atoms with van der Waals surface area (Å²) in [5.74, 6) is 0.303. The number of ether oxygens (including phenoxy) is 1. The largest absolute Gasteiger partial charge is 0.380 e. The van der Waals surface area contributed by atoms with Crippen molar-refractivity contribution >= 4 is 10.0 Å². The Morgan fingerprint density at radius 1 is 1.44 bits per heavy atom. The van der Waals surface area contributed by atoms with E-state index in [1.165, 1.54) is 0 Å². The van der Waals surface area contributed by atoms with E-state index in [1.807, 2.05) is 13.8 Å². The second kappa shape index (κ2) is 5.95. The minimum atomic E-state index is -2.95. The van der Waals surface area contributed by atoms with Gasteiger partial charge in [0.05, 0.1) is 11.9 Å². The molecule has 0 spiro atoms. The zero-order valence-electron chi connectivity index (χ0n) is 10.3. The van der Waals surface area contributed by atoms with Crippen LogP contribution in [0.5, 0.6) is 0 Å². The zero-order chi connectivity index (χ0) is 12.2. The summed E-state index contributed by atoms with van der Waals surface area (Å²) in [7, 11) is -1.27. The summed E-state index contributed by atoms with van der Waals surface area (Å²) in [5.41, 5.74) is 0. The molecule has 0 aromatic heterocycles. The summed E-state index contributed by atoms with van der Waals surface area (Å²) in [6, 6.07) is 0.232. The highest BCUT2D eigenvalue weighted by molar-refractivity contribution is 7.89. The maximum atomic E-state index is 11.5. The Labute approximate surface area is 98.2 Å². The fourth-order valence-electron chi connectivity index (χ4n) is 1.73. The van der Waals surface area contributed by atoms with Crippen molar-refractivity contribution in [1.29, 1.82) is 0 Å². The van der Waals surface area contributed by atoms with Crippen molar-refractivity contribution in [3.05, 3.63) is 0 Å². The highest BCUT2D eigenvalue weighted by Crippen LogP contribution is 2.11. The predicted molar refractivity (Wildman–Crippen MR) is 63.9 cm³/mol. The number of nitrogens with one attached hydrogen (secondary N) is 1. The van der Waals surface area contributed by atoms with Crippen LogP contribution in [0.15, 0.2) is 0 Å². The standard InChI is InChI=1S/C10H22N2O3S/c1-9(10(2)15-3)11-5-7-12-6-4-8-16(12,13)14/h9-11H,4-8H2,1-3H3. The molecule has 2 atom stereocenters. The highest BCUT2D eigenvalue weighted by Gasteiger charge is 2.27. The molecule has 1 N–H and O–H groups in total. The first-order valence-electron chi connectivity index (χ1n) is 5.71. The van der Waals surface area contributed by atoms with E-state index in [0.717, 1.165) is 6.42 Å². The van der Waals surface area contributed by atoms with Gasteiger partial charge in [0, 0.05) is 32.8 Å². The third kappa shape index (κ3) is 3.69. The minimum Gasteiger partial charge on any atom is -0.380 e. The molecule has 96 valence electrons. The number of hydrogen-bond donors (Lipinski definition) is 1. The molecule has 0 aliphatic carbocycles. The van der Waals surface area contributed by atoms with Crippen LogP contribution < -0.4 is 5.32 Å². The van der Waals surface area contributed by atoms with Crippen molar-refractivity contribution in [3.63, 3.8) is 0 Å². The average molecular weight is 250 g/mol. The predicted octanol–water partition coefficient (Wildman–Crippen LogP) is 0.0349.